The maximum atomic E-state index is 14.1. The molecular formula is C21H25FN5O+. The number of aliphatic hydroxyl groups is 1. The Morgan fingerprint density at radius 1 is 1.04 bits per heavy atom. The topological polar surface area (TPSA) is 68.3 Å². The first-order valence-electron chi connectivity index (χ1n) is 9.74. The lowest BCUT2D eigenvalue weighted by atomic mass is 9.84. The van der Waals surface area contributed by atoms with Crippen LogP contribution in [0.2, 0.25) is 0 Å². The number of aryl methyl sites for hydroxylation is 2. The van der Waals surface area contributed by atoms with Crippen LogP contribution in [0.4, 0.5) is 4.39 Å². The molecule has 0 radical (unpaired) electrons. The van der Waals surface area contributed by atoms with E-state index in [1.807, 2.05) is 22.9 Å². The van der Waals surface area contributed by atoms with Gasteiger partial charge in [-0.1, -0.05) is 48.5 Å². The predicted octanol–water partition coefficient (Wildman–Crippen LogP) is 1.12. The third-order valence-electron chi connectivity index (χ3n) is 5.63. The van der Waals surface area contributed by atoms with Gasteiger partial charge in [0.2, 0.25) is 5.82 Å². The van der Waals surface area contributed by atoms with E-state index in [0.717, 1.165) is 31.9 Å². The minimum atomic E-state index is -1.09. The lowest BCUT2D eigenvalue weighted by Gasteiger charge is -2.36. The van der Waals surface area contributed by atoms with Gasteiger partial charge in [-0.15, -0.1) is 5.10 Å². The molecule has 6 nitrogen and oxygen atoms in total. The minimum Gasteiger partial charge on any atom is -0.385 e. The van der Waals surface area contributed by atoms with Crippen molar-refractivity contribution in [3.8, 4) is 0 Å². The van der Waals surface area contributed by atoms with Crippen LogP contribution in [0.25, 0.3) is 0 Å². The summed E-state index contributed by atoms with van der Waals surface area (Å²) in [6.45, 7) is 2.93. The first kappa shape index (κ1) is 18.7. The molecule has 1 aliphatic rings. The molecular weight excluding hydrogens is 357 g/mol. The van der Waals surface area contributed by atoms with Gasteiger partial charge < -0.3 is 10.0 Å². The number of hydrogen-bond donors (Lipinski definition) is 2. The van der Waals surface area contributed by atoms with Crippen molar-refractivity contribution in [2.75, 3.05) is 13.1 Å². The summed E-state index contributed by atoms with van der Waals surface area (Å²) in [5.74, 6) is 0.514. The highest BCUT2D eigenvalue weighted by Gasteiger charge is 2.38. The van der Waals surface area contributed by atoms with Crippen molar-refractivity contribution < 1.29 is 14.4 Å². The van der Waals surface area contributed by atoms with Crippen molar-refractivity contribution in [1.29, 1.82) is 0 Å². The summed E-state index contributed by atoms with van der Waals surface area (Å²) >= 11 is 0. The van der Waals surface area contributed by atoms with E-state index in [0.29, 0.717) is 24.9 Å². The van der Waals surface area contributed by atoms with Crippen LogP contribution in [-0.2, 0) is 25.1 Å². The summed E-state index contributed by atoms with van der Waals surface area (Å²) in [5.41, 5.74) is 0.569. The fourth-order valence-electron chi connectivity index (χ4n) is 3.93. The van der Waals surface area contributed by atoms with E-state index in [9.17, 15) is 9.50 Å². The summed E-state index contributed by atoms with van der Waals surface area (Å²) in [6.07, 6.45) is 1.92. The zero-order valence-corrected chi connectivity index (χ0v) is 15.8. The Morgan fingerprint density at radius 2 is 1.75 bits per heavy atom. The van der Waals surface area contributed by atoms with Gasteiger partial charge in [0, 0.05) is 24.9 Å². The molecule has 1 aromatic heterocycles. The molecule has 0 unspecified atom stereocenters. The molecule has 7 heteroatoms. The fourth-order valence-corrected chi connectivity index (χ4v) is 3.93. The van der Waals surface area contributed by atoms with Gasteiger partial charge in [-0.25, -0.2) is 9.07 Å². The van der Waals surface area contributed by atoms with Crippen molar-refractivity contribution in [2.24, 2.45) is 0 Å². The number of aromatic nitrogens is 4. The highest BCUT2D eigenvalue weighted by Crippen LogP contribution is 2.31. The Balaban J connectivity index is 1.36. The smallest absolute Gasteiger partial charge is 0.206 e. The van der Waals surface area contributed by atoms with Gasteiger partial charge in [0.1, 0.15) is 18.0 Å². The molecule has 0 atom stereocenters. The summed E-state index contributed by atoms with van der Waals surface area (Å²) in [7, 11) is 0. The second kappa shape index (κ2) is 8.16. The average molecular weight is 382 g/mol. The number of rotatable bonds is 6. The Morgan fingerprint density at radius 3 is 2.50 bits per heavy atom. The second-order valence-electron chi connectivity index (χ2n) is 7.49. The average Bonchev–Trinajstić information content (AvgIpc) is 3.16. The fraction of sp³-hybridized carbons (Fsp3) is 0.381. The Bertz CT molecular complexity index is 906. The lowest BCUT2D eigenvalue weighted by Crippen LogP contribution is -3.12. The number of piperidine rings is 1. The normalized spacial score (nSPS) is 22.3. The first-order valence-corrected chi connectivity index (χ1v) is 9.74. The van der Waals surface area contributed by atoms with Gasteiger partial charge in [-0.2, -0.15) is 0 Å². The zero-order chi connectivity index (χ0) is 19.4. The molecule has 1 fully saturated rings. The number of tetrazole rings is 1. The van der Waals surface area contributed by atoms with Crippen LogP contribution in [0.5, 0.6) is 0 Å². The first-order chi connectivity index (χ1) is 13.6. The molecule has 1 aliphatic heterocycles. The van der Waals surface area contributed by atoms with Gasteiger partial charge in [-0.3, -0.25) is 0 Å². The van der Waals surface area contributed by atoms with Crippen molar-refractivity contribution in [3.63, 3.8) is 0 Å². The van der Waals surface area contributed by atoms with Crippen LogP contribution in [0.15, 0.2) is 54.6 Å². The lowest BCUT2D eigenvalue weighted by molar-refractivity contribution is -0.922. The molecule has 4 rings (SSSR count). The molecule has 2 aromatic carbocycles. The number of nitrogens with one attached hydrogen (secondary N) is 1. The van der Waals surface area contributed by atoms with Gasteiger partial charge in [-0.05, 0) is 28.5 Å². The highest BCUT2D eigenvalue weighted by atomic mass is 19.1. The van der Waals surface area contributed by atoms with Crippen LogP contribution >= 0.6 is 0 Å². The third kappa shape index (κ3) is 4.10. The standard InChI is InChI=1S/C21H24FN5O/c22-19-9-5-4-8-18(19)21(28)11-14-26(15-12-21)16-20-23-24-25-27(20)13-10-17-6-2-1-3-7-17/h1-9,28H,10-16H2/p+1. The van der Waals surface area contributed by atoms with Crippen LogP contribution in [-0.4, -0.2) is 38.4 Å². The van der Waals surface area contributed by atoms with Gasteiger partial charge in [0.25, 0.3) is 0 Å². The molecule has 0 spiro atoms. The predicted molar refractivity (Wildman–Crippen MR) is 102 cm³/mol. The number of likely N-dealkylation sites (tertiary alicyclic amines) is 1. The second-order valence-corrected chi connectivity index (χ2v) is 7.49. The molecule has 0 saturated carbocycles. The van der Waals surface area contributed by atoms with Crippen molar-refractivity contribution >= 4 is 0 Å². The van der Waals surface area contributed by atoms with E-state index in [4.69, 9.17) is 0 Å². The van der Waals surface area contributed by atoms with E-state index in [2.05, 4.69) is 27.7 Å². The number of hydrogen-bond acceptors (Lipinski definition) is 4. The van der Waals surface area contributed by atoms with E-state index in [1.165, 1.54) is 16.5 Å². The van der Waals surface area contributed by atoms with Crippen LogP contribution in [0.1, 0.15) is 29.8 Å². The zero-order valence-electron chi connectivity index (χ0n) is 15.8. The minimum absolute atomic E-state index is 0.335. The number of halogens is 1. The van der Waals surface area contributed by atoms with E-state index < -0.39 is 5.60 Å². The largest absolute Gasteiger partial charge is 0.385 e. The third-order valence-corrected chi connectivity index (χ3v) is 5.63. The van der Waals surface area contributed by atoms with E-state index >= 15 is 0 Å². The van der Waals surface area contributed by atoms with Gasteiger partial charge in [0.05, 0.1) is 13.1 Å². The molecule has 28 heavy (non-hydrogen) atoms. The number of quaternary nitrogens is 1. The van der Waals surface area contributed by atoms with Crippen molar-refractivity contribution in [2.45, 2.75) is 38.0 Å². The monoisotopic (exact) mass is 382 g/mol. The molecule has 0 amide bonds. The van der Waals surface area contributed by atoms with E-state index in [1.54, 1.807) is 18.2 Å². The number of benzene rings is 2. The van der Waals surface area contributed by atoms with Crippen LogP contribution in [0.3, 0.4) is 0 Å². The molecule has 146 valence electrons. The quantitative estimate of drug-likeness (QED) is 0.671. The Hall–Kier alpha value is -2.64. The van der Waals surface area contributed by atoms with Crippen molar-refractivity contribution in [1.82, 2.24) is 20.2 Å². The maximum Gasteiger partial charge on any atom is 0.206 e. The Labute approximate surface area is 163 Å². The summed E-state index contributed by atoms with van der Waals surface area (Å²) in [5, 5.41) is 23.1. The van der Waals surface area contributed by atoms with Gasteiger partial charge >= 0.3 is 0 Å². The summed E-state index contributed by atoms with van der Waals surface area (Å²) < 4.78 is 16.0. The molecule has 2 N–H and O–H groups in total. The SMILES string of the molecule is OC1(c2ccccc2F)CC[NH+](Cc2nnnn2CCc2ccccc2)CC1. The molecule has 0 bridgehead atoms. The molecule has 2 heterocycles. The molecule has 0 aliphatic carbocycles. The molecule has 1 saturated heterocycles. The summed E-state index contributed by atoms with van der Waals surface area (Å²) in [6, 6.07) is 16.8. The summed E-state index contributed by atoms with van der Waals surface area (Å²) in [4.78, 5) is 1.30. The van der Waals surface area contributed by atoms with Gasteiger partial charge in [0.15, 0.2) is 0 Å². The van der Waals surface area contributed by atoms with Crippen LogP contribution < -0.4 is 4.90 Å². The highest BCUT2D eigenvalue weighted by molar-refractivity contribution is 5.24. The van der Waals surface area contributed by atoms with Crippen molar-refractivity contribution in [3.05, 3.63) is 77.4 Å². The van der Waals surface area contributed by atoms with E-state index in [-0.39, 0.29) is 5.82 Å². The molecule has 3 aromatic rings. The number of nitrogens with zero attached hydrogens (tertiary/aromatic N) is 4. The van der Waals surface area contributed by atoms with Crippen LogP contribution in [0, 0.1) is 5.82 Å². The maximum absolute atomic E-state index is 14.1. The Kier molecular flexibility index (Phi) is 5.45.